The fourth-order valence-electron chi connectivity index (χ4n) is 5.23. The number of allylic oxidation sites excluding steroid dienone is 1. The van der Waals surface area contributed by atoms with E-state index in [4.69, 9.17) is 5.11 Å². The van der Waals surface area contributed by atoms with Crippen molar-refractivity contribution in [2.45, 2.75) is 72.3 Å². The number of hydrogen-bond acceptors (Lipinski definition) is 3. The van der Waals surface area contributed by atoms with Crippen LogP contribution in [0.25, 0.3) is 0 Å². The molecule has 0 heterocycles. The minimum Gasteiger partial charge on any atom is -0.481 e. The molecule has 2 aliphatic rings. The molecule has 6 atom stereocenters. The normalized spacial score (nSPS) is 40.4. The van der Waals surface area contributed by atoms with E-state index >= 15 is 0 Å². The molecule has 2 N–H and O–H groups in total. The van der Waals surface area contributed by atoms with Crippen molar-refractivity contribution in [2.24, 2.45) is 28.6 Å². The first-order chi connectivity index (χ1) is 11.1. The quantitative estimate of drug-likeness (QED) is 0.723. The third-order valence-electron chi connectivity index (χ3n) is 7.12. The maximum atomic E-state index is 11.6. The summed E-state index contributed by atoms with van der Waals surface area (Å²) in [4.78, 5) is 22.5. The maximum absolute atomic E-state index is 11.6. The zero-order valence-electron chi connectivity index (χ0n) is 15.4. The summed E-state index contributed by atoms with van der Waals surface area (Å²) in [6.45, 7) is 8.73. The Kier molecular flexibility index (Phi) is 5.58. The van der Waals surface area contributed by atoms with Gasteiger partial charge in [-0.15, -0.1) is 0 Å². The van der Waals surface area contributed by atoms with Crippen LogP contribution >= 0.6 is 0 Å². The van der Waals surface area contributed by atoms with Gasteiger partial charge in [-0.05, 0) is 72.3 Å². The van der Waals surface area contributed by atoms with Gasteiger partial charge in [-0.2, -0.15) is 0 Å². The smallest absolute Gasteiger partial charge is 0.303 e. The van der Waals surface area contributed by atoms with Gasteiger partial charge >= 0.3 is 5.97 Å². The second kappa shape index (κ2) is 6.99. The van der Waals surface area contributed by atoms with Crippen molar-refractivity contribution >= 4 is 12.3 Å². The topological polar surface area (TPSA) is 74.6 Å². The number of rotatable bonds is 6. The molecule has 0 aromatic carbocycles. The van der Waals surface area contributed by atoms with Crippen molar-refractivity contribution in [3.05, 3.63) is 11.6 Å². The number of carbonyl (C=O) groups is 2. The SMILES string of the molecule is C[C@H](CC[C@]1(C)[C@H]2C[C@H](O)C=C(C=O)[C@]2(C)CC[C@@H]1C)CC(=O)O. The molecule has 24 heavy (non-hydrogen) atoms. The minimum absolute atomic E-state index is 0.0171. The van der Waals surface area contributed by atoms with Crippen LogP contribution in [0, 0.1) is 28.6 Å². The summed E-state index contributed by atoms with van der Waals surface area (Å²) in [6, 6.07) is 0. The Morgan fingerprint density at radius 1 is 1.46 bits per heavy atom. The molecule has 0 aliphatic heterocycles. The van der Waals surface area contributed by atoms with Gasteiger partial charge < -0.3 is 10.2 Å². The molecule has 0 aromatic rings. The molecule has 0 bridgehead atoms. The predicted octanol–water partition coefficient (Wildman–Crippen LogP) is 3.83. The zero-order chi connectivity index (χ0) is 18.1. The molecule has 0 radical (unpaired) electrons. The molecule has 0 saturated heterocycles. The van der Waals surface area contributed by atoms with Crippen molar-refractivity contribution in [1.82, 2.24) is 0 Å². The molecule has 0 amide bonds. The monoisotopic (exact) mass is 336 g/mol. The Hall–Kier alpha value is -1.16. The predicted molar refractivity (Wildman–Crippen MR) is 93.5 cm³/mol. The van der Waals surface area contributed by atoms with Gasteiger partial charge in [0.15, 0.2) is 0 Å². The van der Waals surface area contributed by atoms with Crippen molar-refractivity contribution in [3.63, 3.8) is 0 Å². The van der Waals surface area contributed by atoms with E-state index in [1.165, 1.54) is 0 Å². The Labute approximate surface area is 145 Å². The van der Waals surface area contributed by atoms with Crippen LogP contribution in [0.4, 0.5) is 0 Å². The van der Waals surface area contributed by atoms with Crippen LogP contribution < -0.4 is 0 Å². The molecule has 2 rings (SSSR count). The van der Waals surface area contributed by atoms with Crippen molar-refractivity contribution in [2.75, 3.05) is 0 Å². The number of aliphatic hydroxyl groups is 1. The number of carboxylic acid groups (broad SMARTS) is 1. The lowest BCUT2D eigenvalue weighted by atomic mass is 9.46. The molecule has 4 heteroatoms. The van der Waals surface area contributed by atoms with Gasteiger partial charge in [-0.25, -0.2) is 0 Å². The molecule has 0 unspecified atom stereocenters. The summed E-state index contributed by atoms with van der Waals surface area (Å²) in [5.74, 6) is 0.166. The van der Waals surface area contributed by atoms with Crippen LogP contribution in [0.3, 0.4) is 0 Å². The molecule has 0 spiro atoms. The number of aliphatic hydroxyl groups excluding tert-OH is 1. The van der Waals surface area contributed by atoms with Crippen molar-refractivity contribution < 1.29 is 19.8 Å². The van der Waals surface area contributed by atoms with E-state index in [-0.39, 0.29) is 29.1 Å². The molecule has 1 fully saturated rings. The van der Waals surface area contributed by atoms with E-state index in [9.17, 15) is 14.7 Å². The second-order valence-electron chi connectivity index (χ2n) is 8.70. The summed E-state index contributed by atoms with van der Waals surface area (Å²) >= 11 is 0. The number of carbonyl (C=O) groups excluding carboxylic acids is 1. The van der Waals surface area contributed by atoms with E-state index in [2.05, 4.69) is 20.8 Å². The average molecular weight is 336 g/mol. The van der Waals surface area contributed by atoms with Gasteiger partial charge in [0.2, 0.25) is 0 Å². The standard InChI is InChI=1S/C20H32O4/c1-13(9-18(23)24)5-7-19(3)14(2)6-8-20(4)15(12-21)10-16(22)11-17(19)20/h10,12-14,16-17,22H,5-9,11H2,1-4H3,(H,23,24)/t13-,14+,16-,17-,19+,20+/m1/s1. The average Bonchev–Trinajstić information content (AvgIpc) is 2.50. The van der Waals surface area contributed by atoms with Crippen LogP contribution in [0.15, 0.2) is 11.6 Å². The third-order valence-corrected chi connectivity index (χ3v) is 7.12. The number of hydrogen-bond donors (Lipinski definition) is 2. The molecule has 136 valence electrons. The molecular weight excluding hydrogens is 304 g/mol. The first-order valence-corrected chi connectivity index (χ1v) is 9.20. The van der Waals surface area contributed by atoms with E-state index in [1.807, 2.05) is 6.92 Å². The van der Waals surface area contributed by atoms with Gasteiger partial charge in [0.1, 0.15) is 6.29 Å². The van der Waals surface area contributed by atoms with E-state index in [0.29, 0.717) is 12.3 Å². The van der Waals surface area contributed by atoms with Crippen LogP contribution in [0.1, 0.15) is 66.2 Å². The Morgan fingerprint density at radius 3 is 2.71 bits per heavy atom. The highest BCUT2D eigenvalue weighted by Gasteiger charge is 2.55. The summed E-state index contributed by atoms with van der Waals surface area (Å²) in [5, 5.41) is 19.3. The Balaban J connectivity index is 2.25. The van der Waals surface area contributed by atoms with Gasteiger partial charge in [-0.1, -0.05) is 27.7 Å². The van der Waals surface area contributed by atoms with Gasteiger partial charge in [0.05, 0.1) is 6.10 Å². The summed E-state index contributed by atoms with van der Waals surface area (Å²) in [6.07, 6.45) is 6.89. The number of aldehydes is 1. The third kappa shape index (κ3) is 3.44. The van der Waals surface area contributed by atoms with Gasteiger partial charge in [0.25, 0.3) is 0 Å². The van der Waals surface area contributed by atoms with E-state index in [1.54, 1.807) is 6.08 Å². The zero-order valence-corrected chi connectivity index (χ0v) is 15.4. The minimum atomic E-state index is -0.742. The largest absolute Gasteiger partial charge is 0.481 e. The number of aliphatic carboxylic acids is 1. The first-order valence-electron chi connectivity index (χ1n) is 9.20. The molecular formula is C20H32O4. The number of carboxylic acids is 1. The summed E-state index contributed by atoms with van der Waals surface area (Å²) in [7, 11) is 0. The van der Waals surface area contributed by atoms with Crippen LogP contribution in [0.2, 0.25) is 0 Å². The summed E-state index contributed by atoms with van der Waals surface area (Å²) in [5.41, 5.74) is 0.601. The summed E-state index contributed by atoms with van der Waals surface area (Å²) < 4.78 is 0. The van der Waals surface area contributed by atoms with Crippen LogP contribution in [-0.4, -0.2) is 28.6 Å². The first kappa shape index (κ1) is 19.2. The van der Waals surface area contributed by atoms with Gasteiger partial charge in [-0.3, -0.25) is 9.59 Å². The fraction of sp³-hybridized carbons (Fsp3) is 0.800. The van der Waals surface area contributed by atoms with Crippen molar-refractivity contribution in [1.29, 1.82) is 0 Å². The number of fused-ring (bicyclic) bond motifs is 1. The Bertz CT molecular complexity index is 526. The van der Waals surface area contributed by atoms with E-state index in [0.717, 1.165) is 37.5 Å². The lowest BCUT2D eigenvalue weighted by molar-refractivity contribution is -0.138. The van der Waals surface area contributed by atoms with E-state index < -0.39 is 12.1 Å². The lowest BCUT2D eigenvalue weighted by Gasteiger charge is -2.58. The van der Waals surface area contributed by atoms with Gasteiger partial charge in [0, 0.05) is 6.42 Å². The van der Waals surface area contributed by atoms with Crippen LogP contribution in [0.5, 0.6) is 0 Å². The lowest BCUT2D eigenvalue weighted by Crippen LogP contribution is -2.52. The highest BCUT2D eigenvalue weighted by Crippen LogP contribution is 2.61. The molecule has 1 saturated carbocycles. The van der Waals surface area contributed by atoms with Crippen molar-refractivity contribution in [3.8, 4) is 0 Å². The highest BCUT2D eigenvalue weighted by atomic mass is 16.4. The maximum Gasteiger partial charge on any atom is 0.303 e. The molecule has 0 aromatic heterocycles. The second-order valence-corrected chi connectivity index (χ2v) is 8.70. The Morgan fingerprint density at radius 2 is 2.12 bits per heavy atom. The molecule has 2 aliphatic carbocycles. The van der Waals surface area contributed by atoms with Crippen LogP contribution in [-0.2, 0) is 9.59 Å². The fourth-order valence-corrected chi connectivity index (χ4v) is 5.23. The molecule has 4 nitrogen and oxygen atoms in total. The highest BCUT2D eigenvalue weighted by molar-refractivity contribution is 5.76.